The van der Waals surface area contributed by atoms with Gasteiger partial charge in [0.05, 0.1) is 6.54 Å². The van der Waals surface area contributed by atoms with Crippen molar-refractivity contribution in [2.24, 2.45) is 0 Å². The van der Waals surface area contributed by atoms with Gasteiger partial charge in [-0.05, 0) is 37.6 Å². The monoisotopic (exact) mass is 367 g/mol. The van der Waals surface area contributed by atoms with E-state index < -0.39 is 5.97 Å². The van der Waals surface area contributed by atoms with E-state index in [9.17, 15) is 4.79 Å². The highest BCUT2D eigenvalue weighted by molar-refractivity contribution is 5.66. The number of aromatic nitrogens is 4. The number of likely N-dealkylation sites (tertiary alicyclic amines) is 1. The first-order valence-electron chi connectivity index (χ1n) is 9.03. The maximum Gasteiger partial charge on any atom is 0.325 e. The van der Waals surface area contributed by atoms with Gasteiger partial charge in [0.1, 0.15) is 6.54 Å². The molecule has 8 heteroatoms. The van der Waals surface area contributed by atoms with Crippen LogP contribution in [-0.4, -0.2) is 49.0 Å². The molecule has 140 valence electrons. The first kappa shape index (κ1) is 17.4. The third-order valence-corrected chi connectivity index (χ3v) is 4.81. The minimum absolute atomic E-state index is 0.107. The molecular weight excluding hydrogens is 346 g/mol. The average molecular weight is 367 g/mol. The van der Waals surface area contributed by atoms with Gasteiger partial charge in [0, 0.05) is 29.9 Å². The Balaban J connectivity index is 1.43. The Kier molecular flexibility index (Phi) is 4.97. The van der Waals surface area contributed by atoms with Gasteiger partial charge in [-0.3, -0.25) is 14.4 Å². The lowest BCUT2D eigenvalue weighted by molar-refractivity contribution is -0.137. The highest BCUT2D eigenvalue weighted by atomic mass is 16.5. The second-order valence-electron chi connectivity index (χ2n) is 6.76. The molecule has 0 aliphatic carbocycles. The highest BCUT2D eigenvalue weighted by Gasteiger charge is 2.25. The minimum atomic E-state index is -0.882. The molecule has 0 radical (unpaired) electrons. The van der Waals surface area contributed by atoms with E-state index in [1.807, 2.05) is 36.4 Å². The molecule has 3 heterocycles. The van der Waals surface area contributed by atoms with Crippen LogP contribution in [0, 0.1) is 0 Å². The van der Waals surface area contributed by atoms with Gasteiger partial charge < -0.3 is 9.63 Å². The minimum Gasteiger partial charge on any atom is -0.480 e. The molecule has 27 heavy (non-hydrogen) atoms. The lowest BCUT2D eigenvalue weighted by Gasteiger charge is -2.32. The first-order valence-corrected chi connectivity index (χ1v) is 9.03. The van der Waals surface area contributed by atoms with Crippen LogP contribution in [-0.2, 0) is 17.9 Å². The van der Waals surface area contributed by atoms with Crippen LogP contribution < -0.4 is 0 Å². The summed E-state index contributed by atoms with van der Waals surface area (Å²) in [6.45, 7) is 2.28. The normalized spacial score (nSPS) is 17.9. The van der Waals surface area contributed by atoms with Gasteiger partial charge in [-0.1, -0.05) is 23.4 Å². The summed E-state index contributed by atoms with van der Waals surface area (Å²) in [5.74, 6) is 0.557. The maximum atomic E-state index is 11.0. The predicted octanol–water partition coefficient (Wildman–Crippen LogP) is 2.40. The van der Waals surface area contributed by atoms with Crippen molar-refractivity contribution in [3.05, 3.63) is 54.1 Å². The van der Waals surface area contributed by atoms with Crippen molar-refractivity contribution < 1.29 is 14.4 Å². The molecule has 1 N–H and O–H groups in total. The lowest BCUT2D eigenvalue weighted by atomic mass is 9.94. The molecule has 0 bridgehead atoms. The second kappa shape index (κ2) is 7.71. The van der Waals surface area contributed by atoms with Gasteiger partial charge in [0.15, 0.2) is 5.82 Å². The Labute approximate surface area is 156 Å². The standard InChI is InChI=1S/C19H21N5O3/c25-18(26)13-24-16(8-9-20-24)15-7-4-10-23(11-15)12-17-21-19(27-22-17)14-5-2-1-3-6-14/h1-3,5-6,8-9,15H,4,7,10-13H2,(H,25,26)/t15-/m1/s1. The van der Waals surface area contributed by atoms with Crippen molar-refractivity contribution >= 4 is 5.97 Å². The van der Waals surface area contributed by atoms with Crippen LogP contribution in [0.2, 0.25) is 0 Å². The fourth-order valence-electron chi connectivity index (χ4n) is 3.61. The molecule has 0 spiro atoms. The van der Waals surface area contributed by atoms with Crippen molar-refractivity contribution in [3.8, 4) is 11.5 Å². The lowest BCUT2D eigenvalue weighted by Crippen LogP contribution is -2.35. The molecule has 1 aromatic carbocycles. The number of carboxylic acid groups (broad SMARTS) is 1. The van der Waals surface area contributed by atoms with Crippen LogP contribution in [0.5, 0.6) is 0 Å². The maximum absolute atomic E-state index is 11.0. The van der Waals surface area contributed by atoms with Crippen LogP contribution in [0.4, 0.5) is 0 Å². The van der Waals surface area contributed by atoms with Crippen LogP contribution in [0.1, 0.15) is 30.3 Å². The Hall–Kier alpha value is -3.00. The summed E-state index contributed by atoms with van der Waals surface area (Å²) < 4.78 is 6.97. The third kappa shape index (κ3) is 4.06. The SMILES string of the molecule is O=C(O)Cn1nccc1[C@@H]1CCCN(Cc2noc(-c3ccccc3)n2)C1. The molecule has 0 unspecified atom stereocenters. The molecule has 1 fully saturated rings. The van der Waals surface area contributed by atoms with Crippen molar-refractivity contribution in [2.75, 3.05) is 13.1 Å². The summed E-state index contributed by atoms with van der Waals surface area (Å²) in [4.78, 5) is 17.8. The Morgan fingerprint density at radius 2 is 2.11 bits per heavy atom. The van der Waals surface area contributed by atoms with Crippen molar-refractivity contribution in [3.63, 3.8) is 0 Å². The van der Waals surface area contributed by atoms with E-state index in [1.165, 1.54) is 0 Å². The van der Waals surface area contributed by atoms with Crippen LogP contribution >= 0.6 is 0 Å². The average Bonchev–Trinajstić information content (AvgIpc) is 3.32. The van der Waals surface area contributed by atoms with Crippen LogP contribution in [0.3, 0.4) is 0 Å². The number of hydrogen-bond donors (Lipinski definition) is 1. The molecule has 0 saturated carbocycles. The molecule has 2 aromatic heterocycles. The topological polar surface area (TPSA) is 97.3 Å². The second-order valence-corrected chi connectivity index (χ2v) is 6.76. The number of hydrogen-bond acceptors (Lipinski definition) is 6. The molecule has 1 aliphatic rings. The summed E-state index contributed by atoms with van der Waals surface area (Å²) in [6.07, 6.45) is 3.72. The number of carbonyl (C=O) groups is 1. The zero-order chi connectivity index (χ0) is 18.6. The largest absolute Gasteiger partial charge is 0.480 e. The molecule has 1 aliphatic heterocycles. The zero-order valence-electron chi connectivity index (χ0n) is 14.9. The molecular formula is C19H21N5O3. The van der Waals surface area contributed by atoms with Gasteiger partial charge in [0.25, 0.3) is 5.89 Å². The number of rotatable bonds is 6. The first-order chi connectivity index (χ1) is 13.2. The van der Waals surface area contributed by atoms with Crippen molar-refractivity contribution in [2.45, 2.75) is 31.8 Å². The Morgan fingerprint density at radius 3 is 2.93 bits per heavy atom. The highest BCUT2D eigenvalue weighted by Crippen LogP contribution is 2.27. The van der Waals surface area contributed by atoms with E-state index >= 15 is 0 Å². The fraction of sp³-hybridized carbons (Fsp3) is 0.368. The Bertz CT molecular complexity index is 905. The van der Waals surface area contributed by atoms with Crippen LogP contribution in [0.15, 0.2) is 47.1 Å². The number of nitrogens with zero attached hydrogens (tertiary/aromatic N) is 5. The van der Waals surface area contributed by atoms with E-state index in [0.717, 1.165) is 37.2 Å². The number of aliphatic carboxylic acids is 1. The summed E-state index contributed by atoms with van der Waals surface area (Å²) in [6, 6.07) is 11.6. The van der Waals surface area contributed by atoms with Crippen LogP contribution in [0.25, 0.3) is 11.5 Å². The Morgan fingerprint density at radius 1 is 1.26 bits per heavy atom. The number of piperidine rings is 1. The summed E-state index contributed by atoms with van der Waals surface area (Å²) in [5.41, 5.74) is 1.88. The van der Waals surface area contributed by atoms with Gasteiger partial charge in [-0.2, -0.15) is 10.1 Å². The quantitative estimate of drug-likeness (QED) is 0.714. The predicted molar refractivity (Wildman–Crippen MR) is 96.8 cm³/mol. The molecule has 1 saturated heterocycles. The smallest absolute Gasteiger partial charge is 0.325 e. The third-order valence-electron chi connectivity index (χ3n) is 4.81. The van der Waals surface area contributed by atoms with E-state index in [4.69, 9.17) is 9.63 Å². The molecule has 4 rings (SSSR count). The number of carboxylic acids is 1. The fourth-order valence-corrected chi connectivity index (χ4v) is 3.61. The van der Waals surface area contributed by atoms with Gasteiger partial charge >= 0.3 is 5.97 Å². The molecule has 1 atom stereocenters. The molecule has 8 nitrogen and oxygen atoms in total. The van der Waals surface area contributed by atoms with E-state index in [2.05, 4.69) is 20.1 Å². The van der Waals surface area contributed by atoms with Gasteiger partial charge in [-0.15, -0.1) is 0 Å². The van der Waals surface area contributed by atoms with E-state index in [1.54, 1.807) is 10.9 Å². The summed E-state index contributed by atoms with van der Waals surface area (Å²) in [5, 5.41) is 17.3. The van der Waals surface area contributed by atoms with Gasteiger partial charge in [-0.25, -0.2) is 0 Å². The molecule has 3 aromatic rings. The number of benzene rings is 1. The summed E-state index contributed by atoms with van der Waals surface area (Å²) >= 11 is 0. The molecule has 0 amide bonds. The zero-order valence-corrected chi connectivity index (χ0v) is 14.9. The summed E-state index contributed by atoms with van der Waals surface area (Å²) in [7, 11) is 0. The van der Waals surface area contributed by atoms with E-state index in [0.29, 0.717) is 18.3 Å². The van der Waals surface area contributed by atoms with E-state index in [-0.39, 0.29) is 12.5 Å². The van der Waals surface area contributed by atoms with Gasteiger partial charge in [0.2, 0.25) is 0 Å². The van der Waals surface area contributed by atoms with Crippen molar-refractivity contribution in [1.82, 2.24) is 24.8 Å². The van der Waals surface area contributed by atoms with Crippen molar-refractivity contribution in [1.29, 1.82) is 0 Å².